The van der Waals surface area contributed by atoms with Gasteiger partial charge >= 0.3 is 0 Å². The number of aromatic nitrogens is 3. The Hall–Kier alpha value is -2.97. The van der Waals surface area contributed by atoms with Crippen molar-refractivity contribution in [3.05, 3.63) is 59.7 Å². The molecule has 0 aliphatic rings. The summed E-state index contributed by atoms with van der Waals surface area (Å²) in [5, 5.41) is 20.4. The molecule has 0 N–H and O–H groups in total. The molecule has 0 spiro atoms. The molecule has 0 fully saturated rings. The number of pyridine rings is 1. The fraction of sp³-hybridized carbons (Fsp3) is 0.143. The van der Waals surface area contributed by atoms with E-state index in [1.165, 1.54) is 5.56 Å². The minimum atomic E-state index is 0.567. The van der Waals surface area contributed by atoms with Crippen molar-refractivity contribution in [2.75, 3.05) is 5.75 Å². The molecule has 0 unspecified atom stereocenters. The van der Waals surface area contributed by atoms with Crippen molar-refractivity contribution in [3.8, 4) is 17.2 Å². The van der Waals surface area contributed by atoms with Crippen LogP contribution in [-0.4, -0.2) is 20.9 Å². The monoisotopic (exact) mass is 356 g/mol. The van der Waals surface area contributed by atoms with Crippen molar-refractivity contribution in [1.29, 1.82) is 5.26 Å². The van der Waals surface area contributed by atoms with E-state index in [0.29, 0.717) is 11.1 Å². The number of nitrogens with zero attached hydrogens (tertiary/aromatic N) is 4. The van der Waals surface area contributed by atoms with Crippen LogP contribution in [0.5, 0.6) is 0 Å². The van der Waals surface area contributed by atoms with E-state index in [2.05, 4.69) is 23.2 Å². The molecule has 5 heteroatoms. The SMILES string of the molecule is CCSc1nc2c(nnc3ccccc32)c(-c2ccc(C)cc2)c1C#N. The van der Waals surface area contributed by atoms with E-state index in [9.17, 15) is 5.26 Å². The van der Waals surface area contributed by atoms with Crippen molar-refractivity contribution >= 4 is 33.7 Å². The summed E-state index contributed by atoms with van der Waals surface area (Å²) in [6.45, 7) is 4.11. The molecule has 4 aromatic rings. The van der Waals surface area contributed by atoms with Gasteiger partial charge < -0.3 is 0 Å². The molecule has 26 heavy (non-hydrogen) atoms. The second-order valence-electron chi connectivity index (χ2n) is 5.99. The van der Waals surface area contributed by atoms with Gasteiger partial charge in [-0.25, -0.2) is 4.98 Å². The molecule has 0 radical (unpaired) electrons. The fourth-order valence-corrected chi connectivity index (χ4v) is 3.77. The summed E-state index contributed by atoms with van der Waals surface area (Å²) in [6.07, 6.45) is 0. The van der Waals surface area contributed by atoms with Crippen LogP contribution in [0.3, 0.4) is 0 Å². The summed E-state index contributed by atoms with van der Waals surface area (Å²) >= 11 is 1.58. The van der Waals surface area contributed by atoms with Gasteiger partial charge in [0.15, 0.2) is 0 Å². The first kappa shape index (κ1) is 16.5. The molecule has 4 nitrogen and oxygen atoms in total. The van der Waals surface area contributed by atoms with Crippen LogP contribution in [0.4, 0.5) is 0 Å². The summed E-state index contributed by atoms with van der Waals surface area (Å²) in [5.74, 6) is 0.844. The van der Waals surface area contributed by atoms with Crippen molar-refractivity contribution in [1.82, 2.24) is 15.2 Å². The van der Waals surface area contributed by atoms with Crippen molar-refractivity contribution in [2.24, 2.45) is 0 Å². The largest absolute Gasteiger partial charge is 0.238 e. The molecule has 2 heterocycles. The number of hydrogen-bond acceptors (Lipinski definition) is 5. The second kappa shape index (κ2) is 6.74. The highest BCUT2D eigenvalue weighted by Gasteiger charge is 2.19. The highest BCUT2D eigenvalue weighted by molar-refractivity contribution is 7.99. The maximum absolute atomic E-state index is 9.86. The van der Waals surface area contributed by atoms with Gasteiger partial charge in [0.05, 0.1) is 11.1 Å². The van der Waals surface area contributed by atoms with Crippen LogP contribution in [-0.2, 0) is 0 Å². The number of hydrogen-bond donors (Lipinski definition) is 0. The van der Waals surface area contributed by atoms with Gasteiger partial charge in [-0.15, -0.1) is 22.0 Å². The number of fused-ring (bicyclic) bond motifs is 3. The summed E-state index contributed by atoms with van der Waals surface area (Å²) in [6, 6.07) is 18.4. The lowest BCUT2D eigenvalue weighted by atomic mass is 9.98. The van der Waals surface area contributed by atoms with Gasteiger partial charge in [0.25, 0.3) is 0 Å². The Labute approximate surface area is 155 Å². The average molecular weight is 356 g/mol. The van der Waals surface area contributed by atoms with Gasteiger partial charge in [0, 0.05) is 10.9 Å². The quantitative estimate of drug-likeness (QED) is 0.376. The average Bonchev–Trinajstić information content (AvgIpc) is 2.68. The lowest BCUT2D eigenvalue weighted by Gasteiger charge is -2.13. The third-order valence-electron chi connectivity index (χ3n) is 4.29. The number of thioether (sulfide) groups is 1. The molecule has 126 valence electrons. The molecular formula is C21H16N4S. The Morgan fingerprint density at radius 1 is 1.00 bits per heavy atom. The first-order valence-corrected chi connectivity index (χ1v) is 9.40. The van der Waals surface area contributed by atoms with Crippen LogP contribution >= 0.6 is 11.8 Å². The number of benzene rings is 2. The van der Waals surface area contributed by atoms with E-state index in [4.69, 9.17) is 4.98 Å². The second-order valence-corrected chi connectivity index (χ2v) is 7.24. The zero-order valence-electron chi connectivity index (χ0n) is 14.5. The summed E-state index contributed by atoms with van der Waals surface area (Å²) < 4.78 is 0. The van der Waals surface area contributed by atoms with Gasteiger partial charge in [-0.05, 0) is 24.3 Å². The first-order chi connectivity index (χ1) is 12.7. The Morgan fingerprint density at radius 2 is 1.77 bits per heavy atom. The zero-order valence-corrected chi connectivity index (χ0v) is 15.3. The maximum atomic E-state index is 9.86. The maximum Gasteiger partial charge on any atom is 0.121 e. The lowest BCUT2D eigenvalue weighted by Crippen LogP contribution is -1.99. The molecule has 0 atom stereocenters. The molecule has 0 aliphatic carbocycles. The van der Waals surface area contributed by atoms with E-state index < -0.39 is 0 Å². The summed E-state index contributed by atoms with van der Waals surface area (Å²) in [5.41, 5.74) is 5.78. The Bertz CT molecular complexity index is 1160. The topological polar surface area (TPSA) is 62.5 Å². The summed E-state index contributed by atoms with van der Waals surface area (Å²) in [7, 11) is 0. The number of rotatable bonds is 3. The van der Waals surface area contributed by atoms with Crippen LogP contribution in [0.25, 0.3) is 33.1 Å². The van der Waals surface area contributed by atoms with E-state index in [1.54, 1.807) is 11.8 Å². The van der Waals surface area contributed by atoms with Crippen molar-refractivity contribution in [3.63, 3.8) is 0 Å². The highest BCUT2D eigenvalue weighted by Crippen LogP contribution is 2.37. The first-order valence-electron chi connectivity index (χ1n) is 8.42. The molecule has 0 saturated carbocycles. The number of nitriles is 1. The van der Waals surface area contributed by atoms with Crippen LogP contribution in [0.1, 0.15) is 18.1 Å². The standard InChI is InChI=1S/C21H16N4S/c1-3-26-21-16(12-22)18(14-10-8-13(2)9-11-14)20-19(23-21)15-6-4-5-7-17(15)24-25-20/h4-11H,3H2,1-2H3. The minimum absolute atomic E-state index is 0.567. The molecular weight excluding hydrogens is 340 g/mol. The highest BCUT2D eigenvalue weighted by atomic mass is 32.2. The predicted octanol–water partition coefficient (Wildman–Crippen LogP) is 5.14. The van der Waals surface area contributed by atoms with Gasteiger partial charge in [-0.3, -0.25) is 0 Å². The lowest BCUT2D eigenvalue weighted by molar-refractivity contribution is 1.09. The van der Waals surface area contributed by atoms with Gasteiger partial charge in [0.2, 0.25) is 0 Å². The molecule has 0 saturated heterocycles. The Balaban J connectivity index is 2.17. The molecule has 2 aromatic carbocycles. The van der Waals surface area contributed by atoms with Crippen molar-refractivity contribution in [2.45, 2.75) is 18.9 Å². The van der Waals surface area contributed by atoms with E-state index >= 15 is 0 Å². The Morgan fingerprint density at radius 3 is 2.50 bits per heavy atom. The third-order valence-corrected chi connectivity index (χ3v) is 5.15. The molecule has 0 amide bonds. The number of aryl methyl sites for hydroxylation is 1. The van der Waals surface area contributed by atoms with Gasteiger partial charge in [-0.1, -0.05) is 55.0 Å². The fourth-order valence-electron chi connectivity index (χ4n) is 3.05. The predicted molar refractivity (Wildman–Crippen MR) is 106 cm³/mol. The van der Waals surface area contributed by atoms with Gasteiger partial charge in [0.1, 0.15) is 22.1 Å². The van der Waals surface area contributed by atoms with E-state index in [0.717, 1.165) is 38.3 Å². The summed E-state index contributed by atoms with van der Waals surface area (Å²) in [4.78, 5) is 4.81. The van der Waals surface area contributed by atoms with E-state index in [-0.39, 0.29) is 0 Å². The van der Waals surface area contributed by atoms with Crippen LogP contribution in [0, 0.1) is 18.3 Å². The van der Waals surface area contributed by atoms with Crippen LogP contribution in [0.2, 0.25) is 0 Å². The van der Waals surface area contributed by atoms with Crippen molar-refractivity contribution < 1.29 is 0 Å². The zero-order chi connectivity index (χ0) is 18.1. The van der Waals surface area contributed by atoms with E-state index in [1.807, 2.05) is 55.5 Å². The third kappa shape index (κ3) is 2.69. The molecule has 4 rings (SSSR count). The normalized spacial score (nSPS) is 11.0. The minimum Gasteiger partial charge on any atom is -0.238 e. The van der Waals surface area contributed by atoms with Crippen LogP contribution < -0.4 is 0 Å². The smallest absolute Gasteiger partial charge is 0.121 e. The molecule has 2 aromatic heterocycles. The molecule has 0 aliphatic heterocycles. The molecule has 0 bridgehead atoms. The van der Waals surface area contributed by atoms with Crippen LogP contribution in [0.15, 0.2) is 53.6 Å². The Kier molecular flexibility index (Phi) is 4.27. The van der Waals surface area contributed by atoms with Gasteiger partial charge in [-0.2, -0.15) is 5.26 Å².